The van der Waals surface area contributed by atoms with Crippen LogP contribution in [0.1, 0.15) is 31.8 Å². The summed E-state index contributed by atoms with van der Waals surface area (Å²) in [5, 5.41) is 11.5. The molecular formula is C23H16ClF3N2O5S. The van der Waals surface area contributed by atoms with Gasteiger partial charge in [0.2, 0.25) is 0 Å². The molecule has 12 heteroatoms. The number of carbonyl (C=O) groups excluding carboxylic acids is 1. The molecule has 0 radical (unpaired) electrons. The Morgan fingerprint density at radius 3 is 2.43 bits per heavy atom. The van der Waals surface area contributed by atoms with Gasteiger partial charge >= 0.3 is 12.1 Å². The number of amides is 1. The summed E-state index contributed by atoms with van der Waals surface area (Å²) in [6.45, 7) is 0.00520. The van der Waals surface area contributed by atoms with E-state index in [0.717, 1.165) is 22.5 Å². The van der Waals surface area contributed by atoms with Gasteiger partial charge in [-0.1, -0.05) is 23.7 Å². The van der Waals surface area contributed by atoms with Gasteiger partial charge in [-0.3, -0.25) is 9.10 Å². The second-order valence-electron chi connectivity index (χ2n) is 7.65. The summed E-state index contributed by atoms with van der Waals surface area (Å²) in [5.41, 5.74) is -0.108. The maximum atomic E-state index is 13.2. The molecule has 0 saturated heterocycles. The molecule has 0 fully saturated rings. The fourth-order valence-corrected chi connectivity index (χ4v) is 5.47. The van der Waals surface area contributed by atoms with Crippen molar-refractivity contribution in [1.29, 1.82) is 0 Å². The van der Waals surface area contributed by atoms with E-state index in [9.17, 15) is 31.2 Å². The van der Waals surface area contributed by atoms with Crippen LogP contribution in [0, 0.1) is 0 Å². The van der Waals surface area contributed by atoms with Crippen molar-refractivity contribution in [3.63, 3.8) is 0 Å². The average Bonchev–Trinajstić information content (AvgIpc) is 3.22. The Bertz CT molecular complexity index is 1460. The van der Waals surface area contributed by atoms with Gasteiger partial charge in [0.15, 0.2) is 0 Å². The number of anilines is 2. The zero-order chi connectivity index (χ0) is 25.5. The lowest BCUT2D eigenvalue weighted by Crippen LogP contribution is -2.29. The Morgan fingerprint density at radius 1 is 1.03 bits per heavy atom. The number of hydrogen-bond acceptors (Lipinski definition) is 4. The summed E-state index contributed by atoms with van der Waals surface area (Å²) in [6.07, 6.45) is -4.38. The van der Waals surface area contributed by atoms with Gasteiger partial charge in [-0.05, 0) is 60.5 Å². The van der Waals surface area contributed by atoms with Crippen molar-refractivity contribution in [3.8, 4) is 0 Å². The third kappa shape index (κ3) is 4.82. The van der Waals surface area contributed by atoms with Gasteiger partial charge < -0.3 is 10.4 Å². The highest BCUT2D eigenvalue weighted by atomic mass is 35.5. The fraction of sp³-hybridized carbons (Fsp3) is 0.130. The number of sulfonamides is 1. The Kier molecular flexibility index (Phi) is 6.24. The maximum Gasteiger partial charge on any atom is 0.416 e. The van der Waals surface area contributed by atoms with E-state index in [2.05, 4.69) is 5.32 Å². The van der Waals surface area contributed by atoms with Crippen molar-refractivity contribution in [2.75, 3.05) is 16.2 Å². The van der Waals surface area contributed by atoms with Gasteiger partial charge in [0.25, 0.3) is 15.9 Å². The van der Waals surface area contributed by atoms with Crippen LogP contribution in [-0.4, -0.2) is 31.9 Å². The number of benzene rings is 3. The van der Waals surface area contributed by atoms with Crippen molar-refractivity contribution in [2.45, 2.75) is 17.5 Å². The fourth-order valence-electron chi connectivity index (χ4n) is 3.67. The highest BCUT2D eigenvalue weighted by molar-refractivity contribution is 7.92. The molecule has 7 nitrogen and oxygen atoms in total. The van der Waals surface area contributed by atoms with Crippen LogP contribution in [0.2, 0.25) is 5.02 Å². The molecule has 0 unspecified atom stereocenters. The highest BCUT2D eigenvalue weighted by Crippen LogP contribution is 2.36. The quantitative estimate of drug-likeness (QED) is 0.485. The summed E-state index contributed by atoms with van der Waals surface area (Å²) >= 11 is 5.92. The lowest BCUT2D eigenvalue weighted by atomic mass is 10.1. The summed E-state index contributed by atoms with van der Waals surface area (Å²) in [4.78, 5) is 23.3. The van der Waals surface area contributed by atoms with Gasteiger partial charge in [-0.25, -0.2) is 13.2 Å². The van der Waals surface area contributed by atoms with Crippen molar-refractivity contribution in [1.82, 2.24) is 0 Å². The number of carboxylic acid groups (broad SMARTS) is 1. The number of carboxylic acids is 1. The lowest BCUT2D eigenvalue weighted by Gasteiger charge is -2.21. The minimum absolute atomic E-state index is 0.00520. The van der Waals surface area contributed by atoms with Gasteiger partial charge in [0, 0.05) is 17.8 Å². The van der Waals surface area contributed by atoms with E-state index in [1.807, 2.05) is 0 Å². The number of nitrogens with zero attached hydrogens (tertiary/aromatic N) is 1. The number of hydrogen-bond donors (Lipinski definition) is 2. The molecule has 0 atom stereocenters. The zero-order valence-corrected chi connectivity index (χ0v) is 19.2. The van der Waals surface area contributed by atoms with E-state index < -0.39 is 38.5 Å². The van der Waals surface area contributed by atoms with Crippen LogP contribution in [0.15, 0.2) is 65.6 Å². The molecule has 182 valence electrons. The molecule has 3 aromatic rings. The van der Waals surface area contributed by atoms with E-state index in [4.69, 9.17) is 16.7 Å². The van der Waals surface area contributed by atoms with Gasteiger partial charge in [-0.2, -0.15) is 13.2 Å². The number of fused-ring (bicyclic) bond motifs is 1. The van der Waals surface area contributed by atoms with Crippen molar-refractivity contribution < 1.29 is 36.3 Å². The molecule has 1 aliphatic heterocycles. The largest absolute Gasteiger partial charge is 0.478 e. The molecule has 4 rings (SSSR count). The number of alkyl halides is 3. The molecule has 0 aliphatic carbocycles. The molecule has 1 amide bonds. The minimum Gasteiger partial charge on any atom is -0.478 e. The highest BCUT2D eigenvalue weighted by Gasteiger charge is 2.35. The predicted molar refractivity (Wildman–Crippen MR) is 122 cm³/mol. The Labute approximate surface area is 202 Å². The van der Waals surface area contributed by atoms with Crippen LogP contribution >= 0.6 is 11.6 Å². The molecule has 0 aromatic heterocycles. The van der Waals surface area contributed by atoms with E-state index >= 15 is 0 Å². The molecule has 3 aromatic carbocycles. The molecule has 0 saturated carbocycles. The second-order valence-corrected chi connectivity index (χ2v) is 9.92. The summed E-state index contributed by atoms with van der Waals surface area (Å²) in [5.74, 6) is -1.84. The van der Waals surface area contributed by atoms with Gasteiger partial charge in [0.05, 0.1) is 26.7 Å². The first kappa shape index (κ1) is 24.6. The molecule has 0 spiro atoms. The second kappa shape index (κ2) is 8.90. The van der Waals surface area contributed by atoms with Crippen molar-refractivity contribution in [3.05, 3.63) is 87.9 Å². The van der Waals surface area contributed by atoms with Crippen LogP contribution in [0.3, 0.4) is 0 Å². The number of rotatable bonds is 5. The first-order valence-corrected chi connectivity index (χ1v) is 11.9. The Balaban J connectivity index is 1.63. The molecule has 35 heavy (non-hydrogen) atoms. The first-order chi connectivity index (χ1) is 16.4. The van der Waals surface area contributed by atoms with Crippen LogP contribution in [0.25, 0.3) is 0 Å². The van der Waals surface area contributed by atoms with Crippen molar-refractivity contribution >= 4 is 44.9 Å². The van der Waals surface area contributed by atoms with E-state index in [0.29, 0.717) is 18.1 Å². The van der Waals surface area contributed by atoms with E-state index in [1.54, 1.807) is 6.07 Å². The van der Waals surface area contributed by atoms with Gasteiger partial charge in [0.1, 0.15) is 0 Å². The van der Waals surface area contributed by atoms with Gasteiger partial charge in [-0.15, -0.1) is 0 Å². The summed E-state index contributed by atoms with van der Waals surface area (Å²) < 4.78 is 66.6. The smallest absolute Gasteiger partial charge is 0.416 e. The van der Waals surface area contributed by atoms with E-state index in [1.165, 1.54) is 30.3 Å². The topological polar surface area (TPSA) is 104 Å². The number of aromatic carboxylic acids is 1. The van der Waals surface area contributed by atoms with Crippen LogP contribution < -0.4 is 9.62 Å². The third-order valence-corrected chi connectivity index (χ3v) is 7.53. The van der Waals surface area contributed by atoms with Crippen LogP contribution in [0.4, 0.5) is 24.5 Å². The zero-order valence-electron chi connectivity index (χ0n) is 17.6. The lowest BCUT2D eigenvalue weighted by molar-refractivity contribution is -0.137. The Morgan fingerprint density at radius 2 is 1.77 bits per heavy atom. The minimum atomic E-state index is -4.70. The Hall–Kier alpha value is -3.57. The first-order valence-electron chi connectivity index (χ1n) is 10.0. The number of carbonyl (C=O) groups is 2. The predicted octanol–water partition coefficient (Wildman–Crippen LogP) is 5.06. The molecule has 1 aliphatic rings. The number of halogens is 4. The van der Waals surface area contributed by atoms with E-state index in [-0.39, 0.29) is 34.1 Å². The molecule has 0 bridgehead atoms. The van der Waals surface area contributed by atoms with Crippen LogP contribution in [0.5, 0.6) is 0 Å². The number of nitrogens with one attached hydrogen (secondary N) is 1. The summed E-state index contributed by atoms with van der Waals surface area (Å²) in [6, 6.07) is 11.7. The maximum absolute atomic E-state index is 13.2. The third-order valence-electron chi connectivity index (χ3n) is 5.41. The molecular weight excluding hydrogens is 509 g/mol. The SMILES string of the molecule is O=C(Nc1ccc(C(=O)O)c(Cl)c1)c1ccc2c(c1)N(S(=O)(=O)c1cccc(C(F)(F)F)c1)CC2. The van der Waals surface area contributed by atoms with Crippen LogP contribution in [-0.2, 0) is 22.6 Å². The average molecular weight is 525 g/mol. The summed E-state index contributed by atoms with van der Waals surface area (Å²) in [7, 11) is -4.33. The monoisotopic (exact) mass is 524 g/mol. The molecule has 1 heterocycles. The molecule has 2 N–H and O–H groups in total. The normalized spacial score (nSPS) is 13.4. The van der Waals surface area contributed by atoms with Crippen molar-refractivity contribution in [2.24, 2.45) is 0 Å². The standard InChI is InChI=1S/C23H16ClF3N2O5S/c24-19-12-16(6-7-18(19)22(31)32)28-21(30)14-5-4-13-8-9-29(20(13)10-14)35(33,34)17-3-1-2-15(11-17)23(25,26)27/h1-7,10-12H,8-9H2,(H,28,30)(H,31,32).